The van der Waals surface area contributed by atoms with Gasteiger partial charge in [0.25, 0.3) is 0 Å². The van der Waals surface area contributed by atoms with Crippen molar-refractivity contribution < 1.29 is 14.3 Å². The fourth-order valence-electron chi connectivity index (χ4n) is 1.35. The number of halogens is 1. The second-order valence-corrected chi connectivity index (χ2v) is 4.28. The van der Waals surface area contributed by atoms with E-state index in [0.717, 1.165) is 5.56 Å². The molecule has 2 N–H and O–H groups in total. The molecule has 1 aromatic carbocycles. The summed E-state index contributed by atoms with van der Waals surface area (Å²) in [5.41, 5.74) is 0.918. The molecule has 0 spiro atoms. The summed E-state index contributed by atoms with van der Waals surface area (Å²) in [5.74, 6) is -0.329. The zero-order chi connectivity index (χ0) is 14.8. The van der Waals surface area contributed by atoms with Gasteiger partial charge in [0.15, 0.2) is 0 Å². The minimum Gasteiger partial charge on any atom is -0.466 e. The molecule has 0 bridgehead atoms. The number of hydrogen-bond acceptors (Lipinski definition) is 3. The maximum absolute atomic E-state index is 11.4. The molecule has 0 unspecified atom stereocenters. The number of ether oxygens (including phenoxy) is 1. The Hall–Kier alpha value is -2.01. The molecule has 0 aliphatic carbocycles. The highest BCUT2D eigenvalue weighted by atomic mass is 35.5. The van der Waals surface area contributed by atoms with Crippen LogP contribution in [0.4, 0.5) is 4.79 Å². The van der Waals surface area contributed by atoms with Crippen LogP contribution in [0.2, 0.25) is 5.02 Å². The van der Waals surface area contributed by atoms with E-state index in [1.165, 1.54) is 6.20 Å². The van der Waals surface area contributed by atoms with Gasteiger partial charge in [-0.25, -0.2) is 4.79 Å². The SMILES string of the molecule is CCOC(=O)CCNC(=O)N/C=C/c1ccc(Cl)cc1. The van der Waals surface area contributed by atoms with Gasteiger partial charge in [0.2, 0.25) is 0 Å². The Morgan fingerprint density at radius 2 is 2.00 bits per heavy atom. The fourth-order valence-corrected chi connectivity index (χ4v) is 1.48. The number of carbonyl (C=O) groups is 2. The van der Waals surface area contributed by atoms with Gasteiger partial charge in [-0.05, 0) is 30.7 Å². The van der Waals surface area contributed by atoms with Crippen LogP contribution in [0.25, 0.3) is 6.08 Å². The lowest BCUT2D eigenvalue weighted by Gasteiger charge is -2.04. The average molecular weight is 297 g/mol. The first-order chi connectivity index (χ1) is 9.61. The Kier molecular flexibility index (Phi) is 7.21. The minimum absolute atomic E-state index is 0.155. The number of rotatable bonds is 6. The third-order valence-electron chi connectivity index (χ3n) is 2.28. The van der Waals surface area contributed by atoms with Crippen LogP contribution in [0.5, 0.6) is 0 Å². The molecule has 0 atom stereocenters. The lowest BCUT2D eigenvalue weighted by Crippen LogP contribution is -2.33. The van der Waals surface area contributed by atoms with E-state index in [9.17, 15) is 9.59 Å². The number of carbonyl (C=O) groups excluding carboxylic acids is 2. The smallest absolute Gasteiger partial charge is 0.318 e. The molecule has 108 valence electrons. The molecule has 0 aliphatic rings. The fraction of sp³-hybridized carbons (Fsp3) is 0.286. The van der Waals surface area contributed by atoms with Gasteiger partial charge in [0.05, 0.1) is 13.0 Å². The van der Waals surface area contributed by atoms with Gasteiger partial charge in [0, 0.05) is 17.8 Å². The number of esters is 1. The predicted octanol–water partition coefficient (Wildman–Crippen LogP) is 2.56. The van der Waals surface area contributed by atoms with Crippen LogP contribution in [0, 0.1) is 0 Å². The summed E-state index contributed by atoms with van der Waals surface area (Å²) in [6.45, 7) is 2.31. The predicted molar refractivity (Wildman–Crippen MR) is 78.3 cm³/mol. The summed E-state index contributed by atoms with van der Waals surface area (Å²) in [4.78, 5) is 22.4. The van der Waals surface area contributed by atoms with E-state index in [1.807, 2.05) is 12.1 Å². The lowest BCUT2D eigenvalue weighted by molar-refractivity contribution is -0.142. The van der Waals surface area contributed by atoms with E-state index < -0.39 is 0 Å². The molecule has 0 radical (unpaired) electrons. The molecular formula is C14H17ClN2O3. The normalized spacial score (nSPS) is 10.3. The number of hydrogen-bond donors (Lipinski definition) is 2. The molecule has 5 nitrogen and oxygen atoms in total. The Bertz CT molecular complexity index is 472. The number of urea groups is 1. The maximum Gasteiger partial charge on any atom is 0.318 e. The van der Waals surface area contributed by atoms with Gasteiger partial charge in [-0.3, -0.25) is 4.79 Å². The third kappa shape index (κ3) is 6.80. The highest BCUT2D eigenvalue weighted by Gasteiger charge is 2.02. The van der Waals surface area contributed by atoms with Crippen LogP contribution in [0.15, 0.2) is 30.5 Å². The standard InChI is InChI=1S/C14H17ClN2O3/c1-2-20-13(18)8-10-17-14(19)16-9-7-11-3-5-12(15)6-4-11/h3-7,9H,2,8,10H2,1H3,(H2,16,17,19)/b9-7+. The van der Waals surface area contributed by atoms with Crippen molar-refractivity contribution >= 4 is 29.7 Å². The molecule has 0 heterocycles. The molecule has 1 rings (SSSR count). The van der Waals surface area contributed by atoms with Gasteiger partial charge < -0.3 is 15.4 Å². The van der Waals surface area contributed by atoms with E-state index in [2.05, 4.69) is 10.6 Å². The zero-order valence-electron chi connectivity index (χ0n) is 11.2. The van der Waals surface area contributed by atoms with Crippen molar-refractivity contribution in [2.24, 2.45) is 0 Å². The molecule has 0 saturated carbocycles. The second-order valence-electron chi connectivity index (χ2n) is 3.84. The van der Waals surface area contributed by atoms with Crippen LogP contribution in [0.1, 0.15) is 18.9 Å². The Morgan fingerprint density at radius 3 is 2.65 bits per heavy atom. The van der Waals surface area contributed by atoms with Crippen molar-refractivity contribution in [2.45, 2.75) is 13.3 Å². The van der Waals surface area contributed by atoms with Gasteiger partial charge in [-0.1, -0.05) is 23.7 Å². The van der Waals surface area contributed by atoms with Crippen molar-refractivity contribution in [1.29, 1.82) is 0 Å². The Balaban J connectivity index is 2.22. The van der Waals surface area contributed by atoms with Crippen LogP contribution >= 0.6 is 11.6 Å². The highest BCUT2D eigenvalue weighted by Crippen LogP contribution is 2.10. The first-order valence-electron chi connectivity index (χ1n) is 6.24. The van der Waals surface area contributed by atoms with E-state index in [4.69, 9.17) is 16.3 Å². The molecule has 0 aliphatic heterocycles. The first-order valence-corrected chi connectivity index (χ1v) is 6.61. The minimum atomic E-state index is -0.375. The van der Waals surface area contributed by atoms with Gasteiger partial charge in [-0.2, -0.15) is 0 Å². The van der Waals surface area contributed by atoms with Crippen LogP contribution < -0.4 is 10.6 Å². The van der Waals surface area contributed by atoms with Crippen LogP contribution in [0.3, 0.4) is 0 Å². The summed E-state index contributed by atoms with van der Waals surface area (Å²) in [6, 6.07) is 6.82. The van der Waals surface area contributed by atoms with Gasteiger partial charge in [-0.15, -0.1) is 0 Å². The molecule has 0 saturated heterocycles. The van der Waals surface area contributed by atoms with Crippen molar-refractivity contribution in [3.8, 4) is 0 Å². The Morgan fingerprint density at radius 1 is 1.30 bits per heavy atom. The van der Waals surface area contributed by atoms with Crippen LogP contribution in [-0.4, -0.2) is 25.2 Å². The van der Waals surface area contributed by atoms with Crippen LogP contribution in [-0.2, 0) is 9.53 Å². The molecule has 0 aromatic heterocycles. The Labute approximate surface area is 123 Å². The summed E-state index contributed by atoms with van der Waals surface area (Å²) in [7, 11) is 0. The molecular weight excluding hydrogens is 280 g/mol. The second kappa shape index (κ2) is 8.98. The number of nitrogens with one attached hydrogen (secondary N) is 2. The summed E-state index contributed by atoms with van der Waals surface area (Å²) in [5, 5.41) is 5.74. The molecule has 0 fully saturated rings. The largest absolute Gasteiger partial charge is 0.466 e. The van der Waals surface area contributed by atoms with Gasteiger partial charge in [0.1, 0.15) is 0 Å². The summed E-state index contributed by atoms with van der Waals surface area (Å²) < 4.78 is 4.74. The molecule has 20 heavy (non-hydrogen) atoms. The number of benzene rings is 1. The van der Waals surface area contributed by atoms with Crippen molar-refractivity contribution in [1.82, 2.24) is 10.6 Å². The lowest BCUT2D eigenvalue weighted by atomic mass is 10.2. The zero-order valence-corrected chi connectivity index (χ0v) is 11.9. The monoisotopic (exact) mass is 296 g/mol. The molecule has 6 heteroatoms. The van der Waals surface area contributed by atoms with Gasteiger partial charge >= 0.3 is 12.0 Å². The van der Waals surface area contributed by atoms with E-state index in [1.54, 1.807) is 25.1 Å². The first kappa shape index (κ1) is 16.0. The topological polar surface area (TPSA) is 67.4 Å². The van der Waals surface area contributed by atoms with E-state index in [0.29, 0.717) is 11.6 Å². The molecule has 2 amide bonds. The third-order valence-corrected chi connectivity index (χ3v) is 2.53. The maximum atomic E-state index is 11.4. The van der Waals surface area contributed by atoms with Crippen molar-refractivity contribution in [3.05, 3.63) is 41.1 Å². The van der Waals surface area contributed by atoms with E-state index >= 15 is 0 Å². The van der Waals surface area contributed by atoms with Crippen molar-refractivity contribution in [3.63, 3.8) is 0 Å². The summed E-state index contributed by atoms with van der Waals surface area (Å²) in [6.07, 6.45) is 3.41. The quantitative estimate of drug-likeness (QED) is 0.793. The van der Waals surface area contributed by atoms with Crippen molar-refractivity contribution in [2.75, 3.05) is 13.2 Å². The molecule has 1 aromatic rings. The summed E-state index contributed by atoms with van der Waals surface area (Å²) >= 11 is 5.76. The highest BCUT2D eigenvalue weighted by molar-refractivity contribution is 6.30. The number of amides is 2. The van der Waals surface area contributed by atoms with E-state index in [-0.39, 0.29) is 25.0 Å². The average Bonchev–Trinajstić information content (AvgIpc) is 2.41.